The summed E-state index contributed by atoms with van der Waals surface area (Å²) in [4.78, 5) is 20.0. The van der Waals surface area contributed by atoms with E-state index in [1.54, 1.807) is 12.1 Å². The molecular weight excluding hydrogens is 387 g/mol. The molecule has 4 rings (SSSR count). The highest BCUT2D eigenvalue weighted by molar-refractivity contribution is 7.15. The Kier molecular flexibility index (Phi) is 6.68. The summed E-state index contributed by atoms with van der Waals surface area (Å²) in [5, 5.41) is 6.73. The maximum Gasteiger partial charge on any atom is 0.257 e. The van der Waals surface area contributed by atoms with E-state index in [1.165, 1.54) is 22.3 Å². The summed E-state index contributed by atoms with van der Waals surface area (Å²) in [7, 11) is 0. The van der Waals surface area contributed by atoms with Gasteiger partial charge >= 0.3 is 0 Å². The van der Waals surface area contributed by atoms with Gasteiger partial charge in [0, 0.05) is 29.7 Å². The van der Waals surface area contributed by atoms with Crippen LogP contribution in [0.25, 0.3) is 0 Å². The number of anilines is 2. The number of piperidine rings is 1. The third-order valence-corrected chi connectivity index (χ3v) is 6.22. The van der Waals surface area contributed by atoms with Crippen molar-refractivity contribution in [1.29, 1.82) is 0 Å². The van der Waals surface area contributed by atoms with E-state index in [4.69, 9.17) is 0 Å². The number of rotatable bonds is 4. The minimum absolute atomic E-state index is 0. The monoisotopic (exact) mass is 410 g/mol. The second-order valence-electron chi connectivity index (χ2n) is 6.91. The molecule has 2 N–H and O–H groups in total. The minimum atomic E-state index is -0.339. The van der Waals surface area contributed by atoms with Gasteiger partial charge in [-0.25, -0.2) is 9.37 Å². The van der Waals surface area contributed by atoms with Crippen LogP contribution < -0.4 is 15.5 Å². The van der Waals surface area contributed by atoms with Gasteiger partial charge in [0.15, 0.2) is 5.13 Å². The highest BCUT2D eigenvalue weighted by atomic mass is 35.5. The molecule has 0 unspecified atom stereocenters. The number of aromatic nitrogens is 1. The topological polar surface area (TPSA) is 57.3 Å². The van der Waals surface area contributed by atoms with Gasteiger partial charge in [-0.1, -0.05) is 0 Å². The van der Waals surface area contributed by atoms with Gasteiger partial charge in [-0.2, -0.15) is 0 Å². The largest absolute Gasteiger partial charge is 0.369 e. The maximum absolute atomic E-state index is 14.4. The second kappa shape index (κ2) is 8.99. The van der Waals surface area contributed by atoms with Crippen LogP contribution in [-0.2, 0) is 0 Å². The van der Waals surface area contributed by atoms with E-state index >= 15 is 0 Å². The number of halogens is 2. The smallest absolute Gasteiger partial charge is 0.257 e. The van der Waals surface area contributed by atoms with E-state index in [0.29, 0.717) is 22.3 Å². The van der Waals surface area contributed by atoms with Crippen LogP contribution in [0.1, 0.15) is 46.8 Å². The molecule has 2 aliphatic heterocycles. The van der Waals surface area contributed by atoms with Crippen molar-refractivity contribution in [2.24, 2.45) is 0 Å². The molecular formula is C19H24ClFN4OS. The van der Waals surface area contributed by atoms with Crippen LogP contribution in [0.3, 0.4) is 0 Å². The lowest BCUT2D eigenvalue weighted by Gasteiger charge is -2.20. The van der Waals surface area contributed by atoms with Crippen molar-refractivity contribution in [2.75, 3.05) is 36.4 Å². The molecule has 3 heterocycles. The summed E-state index contributed by atoms with van der Waals surface area (Å²) in [5.41, 5.74) is 0.908. The van der Waals surface area contributed by atoms with Gasteiger partial charge < -0.3 is 10.2 Å². The van der Waals surface area contributed by atoms with E-state index in [0.717, 1.165) is 51.9 Å². The van der Waals surface area contributed by atoms with Gasteiger partial charge in [0.2, 0.25) is 0 Å². The molecule has 2 aromatic rings. The standard InChI is InChI=1S/C19H23FN4OS.ClH/c20-15-11-14(3-4-16(15)24-9-1-2-10-24)18(25)23-19-22-12-17(26-19)13-5-7-21-8-6-13;/h3-4,11-13,21H,1-2,5-10H2,(H,22,23,25);1H. The summed E-state index contributed by atoms with van der Waals surface area (Å²) in [6.07, 6.45) is 6.22. The maximum atomic E-state index is 14.4. The molecule has 2 saturated heterocycles. The van der Waals surface area contributed by atoms with Gasteiger partial charge in [-0.15, -0.1) is 23.7 Å². The molecule has 2 aliphatic rings. The fourth-order valence-corrected chi connectivity index (χ4v) is 4.65. The highest BCUT2D eigenvalue weighted by Gasteiger charge is 2.20. The van der Waals surface area contributed by atoms with Crippen molar-refractivity contribution in [3.63, 3.8) is 0 Å². The van der Waals surface area contributed by atoms with Crippen molar-refractivity contribution in [1.82, 2.24) is 10.3 Å². The number of nitrogens with zero attached hydrogens (tertiary/aromatic N) is 2. The van der Waals surface area contributed by atoms with E-state index in [9.17, 15) is 9.18 Å². The lowest BCUT2D eigenvalue weighted by molar-refractivity contribution is 0.102. The molecule has 0 atom stereocenters. The first-order valence-corrected chi connectivity index (χ1v) is 10.0. The fourth-order valence-electron chi connectivity index (χ4n) is 3.67. The minimum Gasteiger partial charge on any atom is -0.369 e. The molecule has 0 aliphatic carbocycles. The van der Waals surface area contributed by atoms with Crippen LogP contribution in [0.5, 0.6) is 0 Å². The molecule has 1 aromatic heterocycles. The Hall–Kier alpha value is -1.70. The van der Waals surface area contributed by atoms with Gasteiger partial charge in [0.25, 0.3) is 5.91 Å². The number of carbonyl (C=O) groups is 1. The van der Waals surface area contributed by atoms with Crippen LogP contribution in [0, 0.1) is 5.82 Å². The van der Waals surface area contributed by atoms with Crippen molar-refractivity contribution in [3.8, 4) is 0 Å². The third-order valence-electron chi connectivity index (χ3n) is 5.14. The molecule has 5 nitrogen and oxygen atoms in total. The number of benzene rings is 1. The lowest BCUT2D eigenvalue weighted by atomic mass is 9.97. The van der Waals surface area contributed by atoms with Crippen LogP contribution in [-0.4, -0.2) is 37.1 Å². The van der Waals surface area contributed by atoms with Gasteiger partial charge in [0.1, 0.15) is 5.82 Å². The summed E-state index contributed by atoms with van der Waals surface area (Å²) >= 11 is 1.52. The quantitative estimate of drug-likeness (QED) is 0.799. The van der Waals surface area contributed by atoms with Gasteiger partial charge in [-0.05, 0) is 62.9 Å². The van der Waals surface area contributed by atoms with Crippen molar-refractivity contribution in [2.45, 2.75) is 31.6 Å². The number of hydrogen-bond donors (Lipinski definition) is 2. The van der Waals surface area contributed by atoms with Gasteiger partial charge in [0.05, 0.1) is 5.69 Å². The molecule has 0 bridgehead atoms. The Bertz CT molecular complexity index is 788. The number of thiazole rings is 1. The number of amides is 1. The van der Waals surface area contributed by atoms with Crippen LogP contribution in [0.15, 0.2) is 24.4 Å². The third kappa shape index (κ3) is 4.59. The zero-order valence-electron chi connectivity index (χ0n) is 15.0. The first-order chi connectivity index (χ1) is 12.7. The number of carbonyl (C=O) groups excluding carboxylic acids is 1. The average Bonchev–Trinajstić information content (AvgIpc) is 3.34. The van der Waals surface area contributed by atoms with Gasteiger partial charge in [-0.3, -0.25) is 10.1 Å². The summed E-state index contributed by atoms with van der Waals surface area (Å²) in [6.45, 7) is 3.79. The zero-order chi connectivity index (χ0) is 17.9. The Morgan fingerprint density at radius 1 is 1.26 bits per heavy atom. The SMILES string of the molecule is Cl.O=C(Nc1ncc(C2CCNCC2)s1)c1ccc(N2CCCC2)c(F)c1. The molecule has 1 amide bonds. The van der Waals surface area contributed by atoms with Crippen LogP contribution in [0.4, 0.5) is 15.2 Å². The molecule has 0 radical (unpaired) electrons. The molecule has 8 heteroatoms. The van der Waals surface area contributed by atoms with Crippen LogP contribution >= 0.6 is 23.7 Å². The molecule has 0 spiro atoms. The predicted molar refractivity (Wildman–Crippen MR) is 110 cm³/mol. The summed E-state index contributed by atoms with van der Waals surface area (Å²) in [5.74, 6) is -0.145. The van der Waals surface area contributed by atoms with E-state index < -0.39 is 0 Å². The van der Waals surface area contributed by atoms with Crippen molar-refractivity contribution >= 4 is 40.5 Å². The number of nitrogens with one attached hydrogen (secondary N) is 2. The predicted octanol–water partition coefficient (Wildman–Crippen LogP) is 4.02. The normalized spacial score (nSPS) is 17.6. The Labute approximate surface area is 168 Å². The molecule has 27 heavy (non-hydrogen) atoms. The highest BCUT2D eigenvalue weighted by Crippen LogP contribution is 2.32. The summed E-state index contributed by atoms with van der Waals surface area (Å²) in [6, 6.07) is 4.72. The second-order valence-corrected chi connectivity index (χ2v) is 7.97. The van der Waals surface area contributed by atoms with Crippen LogP contribution in [0.2, 0.25) is 0 Å². The molecule has 2 fully saturated rings. The van der Waals surface area contributed by atoms with Crippen molar-refractivity contribution < 1.29 is 9.18 Å². The average molecular weight is 411 g/mol. The first-order valence-electron chi connectivity index (χ1n) is 9.23. The van der Waals surface area contributed by atoms with Crippen molar-refractivity contribution in [3.05, 3.63) is 40.7 Å². The number of hydrogen-bond acceptors (Lipinski definition) is 5. The molecule has 146 valence electrons. The molecule has 0 saturated carbocycles. The molecule has 1 aromatic carbocycles. The zero-order valence-corrected chi connectivity index (χ0v) is 16.7. The van der Waals surface area contributed by atoms with E-state index in [-0.39, 0.29) is 24.1 Å². The lowest BCUT2D eigenvalue weighted by Crippen LogP contribution is -2.26. The first kappa shape index (κ1) is 20.0. The fraction of sp³-hybridized carbons (Fsp3) is 0.474. The summed E-state index contributed by atoms with van der Waals surface area (Å²) < 4.78 is 14.4. The Morgan fingerprint density at radius 3 is 2.70 bits per heavy atom. The Balaban J connectivity index is 0.00000210. The van der Waals surface area contributed by atoms with E-state index in [1.807, 2.05) is 11.1 Å². The van der Waals surface area contributed by atoms with E-state index in [2.05, 4.69) is 15.6 Å². The Morgan fingerprint density at radius 2 is 2.00 bits per heavy atom.